The Morgan fingerprint density at radius 1 is 1.12 bits per heavy atom. The fourth-order valence-corrected chi connectivity index (χ4v) is 2.98. The zero-order valence-corrected chi connectivity index (χ0v) is 14.2. The first kappa shape index (κ1) is 16.6. The van der Waals surface area contributed by atoms with Crippen molar-refractivity contribution in [2.75, 3.05) is 0 Å². The van der Waals surface area contributed by atoms with Crippen LogP contribution in [-0.2, 0) is 11.2 Å². The van der Waals surface area contributed by atoms with E-state index in [1.54, 1.807) is 18.2 Å². The highest BCUT2D eigenvalue weighted by Gasteiger charge is 2.13. The molecule has 1 heterocycles. The van der Waals surface area contributed by atoms with Crippen LogP contribution in [0, 0.1) is 6.92 Å². The minimum atomic E-state index is -0.951. The Kier molecular flexibility index (Phi) is 4.60. The van der Waals surface area contributed by atoms with E-state index in [1.807, 2.05) is 31.2 Å². The smallest absolute Gasteiger partial charge is 0.307 e. The molecule has 122 valence electrons. The molecule has 0 aliphatic rings. The van der Waals surface area contributed by atoms with E-state index in [2.05, 4.69) is 4.98 Å². The topological polar surface area (TPSA) is 59.4 Å². The van der Waals surface area contributed by atoms with Crippen LogP contribution in [0.3, 0.4) is 0 Å². The number of pyridine rings is 1. The summed E-state index contributed by atoms with van der Waals surface area (Å²) >= 11 is 12.4. The maximum Gasteiger partial charge on any atom is 0.307 e. The molecule has 24 heavy (non-hydrogen) atoms. The number of halogens is 2. The summed E-state index contributed by atoms with van der Waals surface area (Å²) in [6.45, 7) is 1.93. The van der Waals surface area contributed by atoms with E-state index in [9.17, 15) is 4.79 Å². The molecule has 4 nitrogen and oxygen atoms in total. The molecule has 0 atom stereocenters. The van der Waals surface area contributed by atoms with Crippen molar-refractivity contribution in [1.29, 1.82) is 0 Å². The number of nitrogens with zero attached hydrogens (tertiary/aromatic N) is 1. The molecule has 3 rings (SSSR count). The van der Waals surface area contributed by atoms with Crippen LogP contribution in [0.1, 0.15) is 11.3 Å². The molecule has 1 N–H and O–H groups in total. The number of benzene rings is 2. The van der Waals surface area contributed by atoms with E-state index < -0.39 is 5.97 Å². The average molecular weight is 362 g/mol. The van der Waals surface area contributed by atoms with Gasteiger partial charge in [-0.25, -0.2) is 0 Å². The molecule has 0 radical (unpaired) electrons. The van der Waals surface area contributed by atoms with Crippen molar-refractivity contribution in [1.82, 2.24) is 4.98 Å². The van der Waals surface area contributed by atoms with Gasteiger partial charge in [0, 0.05) is 11.1 Å². The van der Waals surface area contributed by atoms with Gasteiger partial charge in [-0.15, -0.1) is 0 Å². The number of carbonyl (C=O) groups is 1. The van der Waals surface area contributed by atoms with Gasteiger partial charge in [0.25, 0.3) is 0 Å². The Morgan fingerprint density at radius 3 is 2.50 bits per heavy atom. The molecule has 1 aromatic heterocycles. The molecular formula is C18H13Cl2NO3. The molecule has 0 saturated carbocycles. The van der Waals surface area contributed by atoms with Gasteiger partial charge < -0.3 is 9.84 Å². The van der Waals surface area contributed by atoms with Crippen molar-refractivity contribution >= 4 is 40.1 Å². The van der Waals surface area contributed by atoms with Crippen LogP contribution in [0.5, 0.6) is 11.5 Å². The number of rotatable bonds is 4. The van der Waals surface area contributed by atoms with Crippen molar-refractivity contribution in [3.63, 3.8) is 0 Å². The van der Waals surface area contributed by atoms with Gasteiger partial charge in [0.15, 0.2) is 5.75 Å². The second kappa shape index (κ2) is 6.67. The van der Waals surface area contributed by atoms with Gasteiger partial charge in [-0.05, 0) is 48.9 Å². The number of carboxylic acid groups (broad SMARTS) is 1. The summed E-state index contributed by atoms with van der Waals surface area (Å²) in [6, 6.07) is 12.5. The first-order valence-corrected chi connectivity index (χ1v) is 7.93. The van der Waals surface area contributed by atoms with Gasteiger partial charge >= 0.3 is 5.97 Å². The van der Waals surface area contributed by atoms with Crippen LogP contribution in [0.4, 0.5) is 0 Å². The number of ether oxygens (including phenoxy) is 1. The lowest BCUT2D eigenvalue weighted by Gasteiger charge is -2.11. The molecule has 6 heteroatoms. The molecule has 0 aliphatic heterocycles. The summed E-state index contributed by atoms with van der Waals surface area (Å²) < 4.78 is 5.80. The minimum Gasteiger partial charge on any atom is -0.481 e. The SMILES string of the molecule is Cc1ccc2cc(Oc3c(Cl)cc(CC(=O)O)cc3Cl)ccc2n1. The van der Waals surface area contributed by atoms with Crippen LogP contribution >= 0.6 is 23.2 Å². The first-order valence-electron chi connectivity index (χ1n) is 7.17. The third-order valence-electron chi connectivity index (χ3n) is 3.43. The predicted molar refractivity (Wildman–Crippen MR) is 94.4 cm³/mol. The predicted octanol–water partition coefficient (Wildman–Crippen LogP) is 5.27. The molecular weight excluding hydrogens is 349 g/mol. The van der Waals surface area contributed by atoms with Crippen molar-refractivity contribution in [2.24, 2.45) is 0 Å². The van der Waals surface area contributed by atoms with Crippen LogP contribution in [0.25, 0.3) is 10.9 Å². The first-order chi connectivity index (χ1) is 11.4. The Morgan fingerprint density at radius 2 is 1.83 bits per heavy atom. The molecule has 0 bridgehead atoms. The van der Waals surface area contributed by atoms with Gasteiger partial charge in [-0.3, -0.25) is 9.78 Å². The van der Waals surface area contributed by atoms with E-state index in [0.717, 1.165) is 16.6 Å². The fraction of sp³-hybridized carbons (Fsp3) is 0.111. The van der Waals surface area contributed by atoms with Crippen molar-refractivity contribution in [3.8, 4) is 11.5 Å². The summed E-state index contributed by atoms with van der Waals surface area (Å²) in [6.07, 6.45) is -0.152. The summed E-state index contributed by atoms with van der Waals surface area (Å²) in [5.41, 5.74) is 2.33. The van der Waals surface area contributed by atoms with E-state index in [0.29, 0.717) is 17.1 Å². The zero-order chi connectivity index (χ0) is 17.3. The highest BCUT2D eigenvalue weighted by atomic mass is 35.5. The molecule has 2 aromatic carbocycles. The third kappa shape index (κ3) is 3.61. The number of aliphatic carboxylic acids is 1. The van der Waals surface area contributed by atoms with E-state index in [4.69, 9.17) is 33.0 Å². The van der Waals surface area contributed by atoms with Crippen LogP contribution in [0.15, 0.2) is 42.5 Å². The number of fused-ring (bicyclic) bond motifs is 1. The lowest BCUT2D eigenvalue weighted by atomic mass is 10.1. The van der Waals surface area contributed by atoms with E-state index >= 15 is 0 Å². The number of hydrogen-bond donors (Lipinski definition) is 1. The normalized spacial score (nSPS) is 10.8. The molecule has 0 aliphatic carbocycles. The number of carboxylic acids is 1. The fourth-order valence-electron chi connectivity index (χ4n) is 2.37. The van der Waals surface area contributed by atoms with Crippen molar-refractivity contribution in [2.45, 2.75) is 13.3 Å². The van der Waals surface area contributed by atoms with Crippen LogP contribution in [0.2, 0.25) is 10.0 Å². The number of aryl methyl sites for hydroxylation is 1. The lowest BCUT2D eigenvalue weighted by Crippen LogP contribution is -2.00. The van der Waals surface area contributed by atoms with Crippen LogP contribution < -0.4 is 4.74 Å². The Balaban J connectivity index is 1.93. The zero-order valence-electron chi connectivity index (χ0n) is 12.7. The summed E-state index contributed by atoms with van der Waals surface area (Å²) in [5.74, 6) is -0.0806. The molecule has 3 aromatic rings. The quantitative estimate of drug-likeness (QED) is 0.687. The lowest BCUT2D eigenvalue weighted by molar-refractivity contribution is -0.136. The van der Waals surface area contributed by atoms with E-state index in [1.165, 1.54) is 0 Å². The van der Waals surface area contributed by atoms with Crippen molar-refractivity contribution < 1.29 is 14.6 Å². The monoisotopic (exact) mass is 361 g/mol. The summed E-state index contributed by atoms with van der Waals surface area (Å²) in [4.78, 5) is 15.2. The molecule has 0 unspecified atom stereocenters. The van der Waals surface area contributed by atoms with Gasteiger partial charge in [0.05, 0.1) is 22.0 Å². The second-order valence-electron chi connectivity index (χ2n) is 5.37. The maximum absolute atomic E-state index is 10.8. The molecule has 0 fully saturated rings. The summed E-state index contributed by atoms with van der Waals surface area (Å²) in [7, 11) is 0. The molecule has 0 amide bonds. The second-order valence-corrected chi connectivity index (χ2v) is 6.18. The van der Waals surface area contributed by atoms with Crippen molar-refractivity contribution in [3.05, 3.63) is 63.8 Å². The maximum atomic E-state index is 10.8. The molecule has 0 saturated heterocycles. The number of hydrogen-bond acceptors (Lipinski definition) is 3. The largest absolute Gasteiger partial charge is 0.481 e. The van der Waals surface area contributed by atoms with Crippen LogP contribution in [-0.4, -0.2) is 16.1 Å². The van der Waals surface area contributed by atoms with Gasteiger partial charge in [0.1, 0.15) is 5.75 Å². The average Bonchev–Trinajstić information content (AvgIpc) is 2.50. The summed E-state index contributed by atoms with van der Waals surface area (Å²) in [5, 5.41) is 10.3. The standard InChI is InChI=1S/C18H13Cl2NO3/c1-10-2-3-12-9-13(4-5-16(12)21-10)24-18-14(19)6-11(7-15(18)20)8-17(22)23/h2-7,9H,8H2,1H3,(H,22,23). The highest BCUT2D eigenvalue weighted by molar-refractivity contribution is 6.37. The Labute approximate surface area is 148 Å². The van der Waals surface area contributed by atoms with E-state index in [-0.39, 0.29) is 16.5 Å². The Hall–Kier alpha value is -2.30. The molecule has 0 spiro atoms. The van der Waals surface area contributed by atoms with Gasteiger partial charge in [-0.1, -0.05) is 29.3 Å². The minimum absolute atomic E-state index is 0.152. The Bertz CT molecular complexity index is 918. The third-order valence-corrected chi connectivity index (χ3v) is 3.99. The number of aromatic nitrogens is 1. The highest BCUT2D eigenvalue weighted by Crippen LogP contribution is 2.38. The van der Waals surface area contributed by atoms with Gasteiger partial charge in [-0.2, -0.15) is 0 Å². The van der Waals surface area contributed by atoms with Gasteiger partial charge in [0.2, 0.25) is 0 Å².